The van der Waals surface area contributed by atoms with Gasteiger partial charge in [-0.05, 0) is 57.6 Å². The molecule has 1 aromatic carbocycles. The van der Waals surface area contributed by atoms with E-state index in [2.05, 4.69) is 34.5 Å². The first kappa shape index (κ1) is 23.1. The summed E-state index contributed by atoms with van der Waals surface area (Å²) >= 11 is 0. The highest BCUT2D eigenvalue weighted by Gasteiger charge is 2.55. The van der Waals surface area contributed by atoms with E-state index >= 15 is 0 Å². The van der Waals surface area contributed by atoms with E-state index in [1.807, 2.05) is 18.0 Å². The molecule has 1 saturated heterocycles. The lowest BCUT2D eigenvalue weighted by molar-refractivity contribution is -0.141. The van der Waals surface area contributed by atoms with E-state index < -0.39 is 21.8 Å². The highest BCUT2D eigenvalue weighted by atomic mass is 32.2. The molecule has 1 spiro atoms. The van der Waals surface area contributed by atoms with Gasteiger partial charge in [0, 0.05) is 37.0 Å². The van der Waals surface area contributed by atoms with Gasteiger partial charge in [0.05, 0.1) is 11.4 Å². The molecule has 3 aliphatic rings. The van der Waals surface area contributed by atoms with Crippen molar-refractivity contribution in [1.82, 2.24) is 15.1 Å². The Balaban J connectivity index is 1.56. The highest BCUT2D eigenvalue weighted by molar-refractivity contribution is 7.90. The van der Waals surface area contributed by atoms with Gasteiger partial charge < -0.3 is 15.5 Å². The average molecular weight is 452 g/mol. The third-order valence-electron chi connectivity index (χ3n) is 8.05. The molecule has 0 radical (unpaired) electrons. The summed E-state index contributed by atoms with van der Waals surface area (Å²) in [6.45, 7) is 1.39. The Hall–Kier alpha value is -1.03. The van der Waals surface area contributed by atoms with Crippen molar-refractivity contribution >= 4 is 9.84 Å². The summed E-state index contributed by atoms with van der Waals surface area (Å²) in [6, 6.07) is 10.5. The van der Waals surface area contributed by atoms with Crippen LogP contribution in [0.1, 0.15) is 50.5 Å². The Morgan fingerprint density at radius 3 is 2.26 bits per heavy atom. The third kappa shape index (κ3) is 4.56. The molecule has 1 unspecified atom stereocenters. The van der Waals surface area contributed by atoms with Crippen LogP contribution in [0, 0.1) is 0 Å². The first-order chi connectivity index (χ1) is 14.6. The second-order valence-corrected chi connectivity index (χ2v) is 12.3. The van der Waals surface area contributed by atoms with Crippen molar-refractivity contribution < 1.29 is 18.6 Å². The molecule has 1 aliphatic heterocycles. The maximum Gasteiger partial charge on any atom is 0.166 e. The van der Waals surface area contributed by atoms with Crippen LogP contribution in [0.25, 0.3) is 0 Å². The predicted molar refractivity (Wildman–Crippen MR) is 121 cm³/mol. The van der Waals surface area contributed by atoms with Crippen LogP contribution in [0.3, 0.4) is 0 Å². The number of benzene rings is 1. The lowest BCUT2D eigenvalue weighted by Gasteiger charge is -2.51. The van der Waals surface area contributed by atoms with E-state index in [-0.39, 0.29) is 16.8 Å². The summed E-state index contributed by atoms with van der Waals surface area (Å²) in [5.74, 6) is 0.0305. The van der Waals surface area contributed by atoms with Gasteiger partial charge in [-0.25, -0.2) is 8.42 Å². The Labute approximate surface area is 186 Å². The van der Waals surface area contributed by atoms with Crippen molar-refractivity contribution in [2.45, 2.75) is 68.0 Å². The number of hydrogen-bond donors (Lipinski definition) is 3. The maximum atomic E-state index is 11.7. The van der Waals surface area contributed by atoms with Crippen molar-refractivity contribution in [3.8, 4) is 0 Å². The molecule has 7 nitrogen and oxygen atoms in total. The number of hydrogen-bond acceptors (Lipinski definition) is 7. The van der Waals surface area contributed by atoms with Crippen molar-refractivity contribution in [2.75, 3.05) is 38.7 Å². The number of aliphatic hydroxyl groups excluding tert-OH is 1. The van der Waals surface area contributed by atoms with E-state index in [0.29, 0.717) is 19.6 Å². The largest absolute Gasteiger partial charge is 0.389 e. The van der Waals surface area contributed by atoms with Crippen LogP contribution in [0.4, 0.5) is 0 Å². The number of aliphatic hydroxyl groups is 2. The standard InChI is InChI=1S/C23H37N3O4S/c1-24-23(19-7-4-3-5-8-19)13-11-21(12-14-23)17-25(15-16-31(2,29)30)20(27)26(21)18-22(28)9-6-10-22/h3-5,7-8,20,24,27-28H,6,9-18H2,1-2H3/t20?,21-,23+. The molecule has 1 heterocycles. The van der Waals surface area contributed by atoms with Crippen molar-refractivity contribution in [3.05, 3.63) is 35.9 Å². The van der Waals surface area contributed by atoms with E-state index in [1.165, 1.54) is 11.8 Å². The normalized spacial score (nSPS) is 34.1. The summed E-state index contributed by atoms with van der Waals surface area (Å²) in [5, 5.41) is 25.6. The van der Waals surface area contributed by atoms with Gasteiger partial charge in [0.25, 0.3) is 0 Å². The lowest BCUT2D eigenvalue weighted by Crippen LogP contribution is -2.60. The summed E-state index contributed by atoms with van der Waals surface area (Å²) < 4.78 is 23.5. The van der Waals surface area contributed by atoms with Crippen LogP contribution in [0.5, 0.6) is 0 Å². The topological polar surface area (TPSA) is 93.1 Å². The molecule has 4 rings (SSSR count). The number of sulfone groups is 1. The zero-order valence-corrected chi connectivity index (χ0v) is 19.6. The number of rotatable bonds is 7. The van der Waals surface area contributed by atoms with Gasteiger partial charge in [0.1, 0.15) is 9.84 Å². The summed E-state index contributed by atoms with van der Waals surface area (Å²) in [4.78, 5) is 3.97. The van der Waals surface area contributed by atoms with Crippen LogP contribution >= 0.6 is 0 Å². The SMILES string of the molecule is CN[C@]1(c2ccccc2)CC[C@]2(CC1)CN(CCS(C)(=O)=O)C(O)N2CC1(O)CCC1. The minimum Gasteiger partial charge on any atom is -0.389 e. The minimum atomic E-state index is -3.11. The molecular weight excluding hydrogens is 414 g/mol. The molecule has 2 aliphatic carbocycles. The van der Waals surface area contributed by atoms with Gasteiger partial charge in [-0.1, -0.05) is 30.3 Å². The molecule has 8 heteroatoms. The van der Waals surface area contributed by atoms with E-state index in [1.54, 1.807) is 0 Å². The fourth-order valence-corrected chi connectivity index (χ4v) is 6.37. The molecule has 0 aromatic heterocycles. The van der Waals surface area contributed by atoms with Crippen molar-refractivity contribution in [1.29, 1.82) is 0 Å². The monoisotopic (exact) mass is 451 g/mol. The Bertz CT molecular complexity index is 864. The molecule has 3 N–H and O–H groups in total. The molecule has 1 aromatic rings. The maximum absolute atomic E-state index is 11.7. The molecule has 0 bridgehead atoms. The van der Waals surface area contributed by atoms with Crippen LogP contribution in [-0.4, -0.2) is 84.6 Å². The summed E-state index contributed by atoms with van der Waals surface area (Å²) in [5.41, 5.74) is 0.190. The number of β-amino-alcohol motifs (C(OH)–C–C–N with tert-alkyl or cyclic N) is 1. The van der Waals surface area contributed by atoms with Crippen LogP contribution in [0.2, 0.25) is 0 Å². The van der Waals surface area contributed by atoms with Gasteiger partial charge in [0.15, 0.2) is 6.35 Å². The Kier molecular flexibility index (Phi) is 6.26. The second kappa shape index (κ2) is 8.39. The minimum absolute atomic E-state index is 0.0305. The summed E-state index contributed by atoms with van der Waals surface area (Å²) in [7, 11) is -1.10. The summed E-state index contributed by atoms with van der Waals surface area (Å²) in [6.07, 6.45) is 6.54. The molecule has 31 heavy (non-hydrogen) atoms. The third-order valence-corrected chi connectivity index (χ3v) is 8.97. The van der Waals surface area contributed by atoms with Crippen LogP contribution in [-0.2, 0) is 15.4 Å². The quantitative estimate of drug-likeness (QED) is 0.575. The molecule has 3 fully saturated rings. The molecule has 174 valence electrons. The van der Waals surface area contributed by atoms with E-state index in [9.17, 15) is 18.6 Å². The Morgan fingerprint density at radius 1 is 1.10 bits per heavy atom. The van der Waals surface area contributed by atoms with E-state index in [0.717, 1.165) is 44.9 Å². The van der Waals surface area contributed by atoms with Gasteiger partial charge in [-0.15, -0.1) is 0 Å². The van der Waals surface area contributed by atoms with Gasteiger partial charge >= 0.3 is 0 Å². The molecular formula is C23H37N3O4S. The fourth-order valence-electron chi connectivity index (χ4n) is 5.81. The highest BCUT2D eigenvalue weighted by Crippen LogP contribution is 2.48. The van der Waals surface area contributed by atoms with Gasteiger partial charge in [-0.3, -0.25) is 9.80 Å². The smallest absolute Gasteiger partial charge is 0.166 e. The fraction of sp³-hybridized carbons (Fsp3) is 0.739. The lowest BCUT2D eigenvalue weighted by atomic mass is 9.68. The number of nitrogens with one attached hydrogen (secondary N) is 1. The molecule has 2 saturated carbocycles. The number of nitrogens with zero attached hydrogens (tertiary/aromatic N) is 2. The van der Waals surface area contributed by atoms with Crippen molar-refractivity contribution in [2.24, 2.45) is 0 Å². The average Bonchev–Trinajstić information content (AvgIpc) is 2.98. The van der Waals surface area contributed by atoms with Crippen LogP contribution < -0.4 is 5.32 Å². The first-order valence-corrected chi connectivity index (χ1v) is 13.5. The van der Waals surface area contributed by atoms with Crippen molar-refractivity contribution in [3.63, 3.8) is 0 Å². The zero-order valence-electron chi connectivity index (χ0n) is 18.8. The zero-order chi connectivity index (χ0) is 22.3. The Morgan fingerprint density at radius 2 is 1.74 bits per heavy atom. The first-order valence-electron chi connectivity index (χ1n) is 11.4. The predicted octanol–water partition coefficient (Wildman–Crippen LogP) is 1.27. The van der Waals surface area contributed by atoms with Gasteiger partial charge in [0.2, 0.25) is 0 Å². The van der Waals surface area contributed by atoms with Crippen LogP contribution in [0.15, 0.2) is 30.3 Å². The van der Waals surface area contributed by atoms with E-state index in [4.69, 9.17) is 0 Å². The van der Waals surface area contributed by atoms with Gasteiger partial charge in [-0.2, -0.15) is 0 Å². The molecule has 1 atom stereocenters. The molecule has 0 amide bonds. The second-order valence-electron chi connectivity index (χ2n) is 10.1.